The number of hydrogen-bond acceptors (Lipinski definition) is 5. The van der Waals surface area contributed by atoms with Gasteiger partial charge < -0.3 is 0 Å². The highest BCUT2D eigenvalue weighted by Crippen LogP contribution is 2.02. The lowest BCUT2D eigenvalue weighted by molar-refractivity contribution is 0.811. The largest absolute Gasteiger partial charge is 0.291 e. The van der Waals surface area contributed by atoms with Gasteiger partial charge in [0.1, 0.15) is 0 Å². The summed E-state index contributed by atoms with van der Waals surface area (Å²) < 4.78 is 1.96. The minimum atomic E-state index is 0.384. The van der Waals surface area contributed by atoms with Gasteiger partial charge in [-0.05, 0) is 15.9 Å². The van der Waals surface area contributed by atoms with Crippen molar-refractivity contribution in [2.75, 3.05) is 0 Å². The molecule has 2 heterocycles. The summed E-state index contributed by atoms with van der Waals surface area (Å²) in [5.41, 5.74) is 0. The van der Waals surface area contributed by atoms with Crippen molar-refractivity contribution < 1.29 is 0 Å². The van der Waals surface area contributed by atoms with Crippen LogP contribution in [0.3, 0.4) is 0 Å². The molecular weight excluding hydrogens is 200 g/mol. The molecule has 0 fully saturated rings. The van der Waals surface area contributed by atoms with Crippen LogP contribution < -0.4 is 0 Å². The van der Waals surface area contributed by atoms with Gasteiger partial charge in [-0.15, -0.1) is 25.5 Å². The molecule has 10 heavy (non-hydrogen) atoms. The third kappa shape index (κ3) is 0.670. The average Bonchev–Trinajstić information content (AvgIpc) is 2.34. The second-order valence-electron chi connectivity index (χ2n) is 1.53. The van der Waals surface area contributed by atoms with Gasteiger partial charge in [0.15, 0.2) is 6.33 Å². The number of hydrogen-bond donors (Lipinski definition) is 0. The van der Waals surface area contributed by atoms with Crippen LogP contribution in [0.25, 0.3) is 5.78 Å². The molecule has 0 saturated carbocycles. The minimum Gasteiger partial charge on any atom is -0.167 e. The molecule has 2 rings (SSSR count). The van der Waals surface area contributed by atoms with Crippen molar-refractivity contribution in [1.29, 1.82) is 0 Å². The highest BCUT2D eigenvalue weighted by molar-refractivity contribution is 9.10. The van der Waals surface area contributed by atoms with Crippen LogP contribution in [0.2, 0.25) is 0 Å². The van der Waals surface area contributed by atoms with E-state index in [-0.39, 0.29) is 0 Å². The first-order valence-electron chi connectivity index (χ1n) is 2.42. The summed E-state index contributed by atoms with van der Waals surface area (Å²) in [4.78, 5) is 0. The summed E-state index contributed by atoms with van der Waals surface area (Å²) >= 11 is 3.13. The molecule has 0 unspecified atom stereocenters. The van der Waals surface area contributed by atoms with Crippen LogP contribution in [-0.2, 0) is 0 Å². The van der Waals surface area contributed by atoms with E-state index in [9.17, 15) is 0 Å². The summed E-state index contributed by atoms with van der Waals surface area (Å²) in [5, 5.41) is 18.3. The number of fused-ring (bicyclic) bond motifs is 1. The van der Waals surface area contributed by atoms with E-state index in [1.165, 1.54) is 10.8 Å². The number of nitrogens with zero attached hydrogens (tertiary/aromatic N) is 6. The van der Waals surface area contributed by atoms with Crippen molar-refractivity contribution in [2.45, 2.75) is 0 Å². The van der Waals surface area contributed by atoms with E-state index < -0.39 is 0 Å². The van der Waals surface area contributed by atoms with Gasteiger partial charge in [-0.3, -0.25) is 0 Å². The first-order valence-corrected chi connectivity index (χ1v) is 3.22. The first-order chi connectivity index (χ1) is 4.88. The predicted octanol–water partition coefficient (Wildman–Crippen LogP) is -0.323. The van der Waals surface area contributed by atoms with E-state index in [4.69, 9.17) is 0 Å². The fraction of sp³-hybridized carbons (Fsp3) is 0. The van der Waals surface area contributed by atoms with E-state index in [0.29, 0.717) is 10.5 Å². The summed E-state index contributed by atoms with van der Waals surface area (Å²) in [5.74, 6) is 0.384. The van der Waals surface area contributed by atoms with Crippen LogP contribution in [-0.4, -0.2) is 30.0 Å². The van der Waals surface area contributed by atoms with Gasteiger partial charge in [-0.2, -0.15) is 4.52 Å². The summed E-state index contributed by atoms with van der Waals surface area (Å²) in [7, 11) is 0. The molecule has 0 aliphatic rings. The molecule has 2 aromatic rings. The topological polar surface area (TPSA) is 68.9 Å². The Morgan fingerprint density at radius 3 is 3.00 bits per heavy atom. The highest BCUT2D eigenvalue weighted by atomic mass is 79.9. The Kier molecular flexibility index (Phi) is 1.10. The molecule has 0 aliphatic heterocycles. The van der Waals surface area contributed by atoms with Crippen molar-refractivity contribution in [3.8, 4) is 0 Å². The van der Waals surface area contributed by atoms with Crippen LogP contribution in [0, 0.1) is 0 Å². The lowest BCUT2D eigenvalue weighted by Crippen LogP contribution is -1.95. The minimum absolute atomic E-state index is 0.384. The molecule has 50 valence electrons. The van der Waals surface area contributed by atoms with Gasteiger partial charge >= 0.3 is 0 Å². The lowest BCUT2D eigenvalue weighted by atomic mass is 11.1. The summed E-state index contributed by atoms with van der Waals surface area (Å²) in [6.07, 6.45) is 1.32. The maximum Gasteiger partial charge on any atom is 0.291 e. The van der Waals surface area contributed by atoms with Crippen molar-refractivity contribution in [3.63, 3.8) is 0 Å². The maximum atomic E-state index is 3.81. The third-order valence-electron chi connectivity index (χ3n) is 0.952. The van der Waals surface area contributed by atoms with E-state index in [2.05, 4.69) is 41.4 Å². The number of rotatable bonds is 0. The fourth-order valence-electron chi connectivity index (χ4n) is 0.567. The van der Waals surface area contributed by atoms with Gasteiger partial charge in [-0.1, -0.05) is 0 Å². The zero-order chi connectivity index (χ0) is 6.97. The molecule has 0 spiro atoms. The monoisotopic (exact) mass is 200 g/mol. The standard InChI is InChI=1S/C3HBrN6/c4-2-7-9-3-8-5-1-6-10(2)3/h1H. The number of halogens is 1. The summed E-state index contributed by atoms with van der Waals surface area (Å²) in [6.45, 7) is 0. The molecule has 0 bridgehead atoms. The molecule has 0 radical (unpaired) electrons. The third-order valence-corrected chi connectivity index (χ3v) is 1.45. The molecule has 0 aliphatic carbocycles. The van der Waals surface area contributed by atoms with Crippen molar-refractivity contribution in [3.05, 3.63) is 11.1 Å². The van der Waals surface area contributed by atoms with Gasteiger partial charge in [0.05, 0.1) is 0 Å². The molecule has 7 heteroatoms. The molecule has 0 saturated heterocycles. The molecule has 0 aromatic carbocycles. The Hall–Kier alpha value is -1.11. The normalized spacial score (nSPS) is 10.5. The maximum absolute atomic E-state index is 3.81. The zero-order valence-electron chi connectivity index (χ0n) is 4.64. The van der Waals surface area contributed by atoms with E-state index in [1.54, 1.807) is 0 Å². The van der Waals surface area contributed by atoms with E-state index >= 15 is 0 Å². The van der Waals surface area contributed by atoms with Crippen LogP contribution in [0.5, 0.6) is 0 Å². The molecular formula is C3HBrN6. The summed E-state index contributed by atoms with van der Waals surface area (Å²) in [6, 6.07) is 0. The SMILES string of the molecule is Brc1nnc2nncnn12. The highest BCUT2D eigenvalue weighted by Gasteiger charge is 2.01. The van der Waals surface area contributed by atoms with Crippen LogP contribution in [0.1, 0.15) is 0 Å². The number of aromatic nitrogens is 6. The Bertz CT molecular complexity index is 355. The van der Waals surface area contributed by atoms with Crippen LogP contribution in [0.15, 0.2) is 11.1 Å². The quantitative estimate of drug-likeness (QED) is 0.583. The lowest BCUT2D eigenvalue weighted by Gasteiger charge is -1.84. The van der Waals surface area contributed by atoms with Crippen molar-refractivity contribution in [2.24, 2.45) is 0 Å². The Labute approximate surface area is 63.4 Å². The molecule has 0 atom stereocenters. The van der Waals surface area contributed by atoms with Gasteiger partial charge in [0.25, 0.3) is 5.78 Å². The zero-order valence-corrected chi connectivity index (χ0v) is 6.22. The second kappa shape index (κ2) is 1.94. The molecule has 0 N–H and O–H groups in total. The molecule has 0 amide bonds. The smallest absolute Gasteiger partial charge is 0.167 e. The first kappa shape index (κ1) is 5.66. The molecule has 2 aromatic heterocycles. The fourth-order valence-corrected chi connectivity index (χ4v) is 0.897. The Morgan fingerprint density at radius 2 is 2.20 bits per heavy atom. The van der Waals surface area contributed by atoms with Crippen LogP contribution >= 0.6 is 15.9 Å². The van der Waals surface area contributed by atoms with Crippen molar-refractivity contribution in [1.82, 2.24) is 30.0 Å². The molecule has 6 nitrogen and oxygen atoms in total. The van der Waals surface area contributed by atoms with Gasteiger partial charge in [0.2, 0.25) is 4.73 Å². The van der Waals surface area contributed by atoms with E-state index in [1.807, 2.05) is 0 Å². The van der Waals surface area contributed by atoms with Gasteiger partial charge in [-0.25, -0.2) is 0 Å². The average molecular weight is 201 g/mol. The Morgan fingerprint density at radius 1 is 1.30 bits per heavy atom. The second-order valence-corrected chi connectivity index (χ2v) is 2.24. The Balaban J connectivity index is 2.93. The van der Waals surface area contributed by atoms with Gasteiger partial charge in [0, 0.05) is 0 Å². The predicted molar refractivity (Wildman–Crippen MR) is 34.1 cm³/mol. The van der Waals surface area contributed by atoms with Crippen molar-refractivity contribution >= 4 is 21.7 Å². The van der Waals surface area contributed by atoms with Crippen LogP contribution in [0.4, 0.5) is 0 Å². The van der Waals surface area contributed by atoms with E-state index in [0.717, 1.165) is 0 Å².